The number of ether oxygens (including phenoxy) is 6. The lowest BCUT2D eigenvalue weighted by Gasteiger charge is -2.39. The Balaban J connectivity index is 0.663. The van der Waals surface area contributed by atoms with Crippen LogP contribution in [0.1, 0.15) is 97.5 Å². The Kier molecular flexibility index (Phi) is 23.0. The molecule has 0 saturated carbocycles. The van der Waals surface area contributed by atoms with Crippen LogP contribution < -0.4 is 16.0 Å². The number of phenols is 1. The molecular formula is C66H89ClFN9O11S. The van der Waals surface area contributed by atoms with Gasteiger partial charge in [-0.2, -0.15) is 0 Å². The molecular weight excluding hydrogens is 1180 g/mol. The predicted molar refractivity (Wildman–Crippen MR) is 344 cm³/mol. The Labute approximate surface area is 531 Å². The molecule has 5 N–H and O–H groups in total. The lowest BCUT2D eigenvalue weighted by Crippen LogP contribution is -2.57. The smallest absolute Gasteiger partial charge is 0.410 e. The van der Waals surface area contributed by atoms with E-state index in [9.17, 15) is 24.6 Å². The second-order valence-corrected chi connectivity index (χ2v) is 26.9. The molecule has 23 heteroatoms. The van der Waals surface area contributed by atoms with Crippen molar-refractivity contribution in [1.82, 2.24) is 35.2 Å². The number of amides is 3. The van der Waals surface area contributed by atoms with Gasteiger partial charge in [-0.3, -0.25) is 9.59 Å². The number of halogens is 2. The fourth-order valence-corrected chi connectivity index (χ4v) is 12.9. The highest BCUT2D eigenvalue weighted by atomic mass is 35.5. The summed E-state index contributed by atoms with van der Waals surface area (Å²) in [5.74, 6) is -0.755. The number of aliphatic hydroxyl groups is 1. The number of nitrogens with one attached hydrogen (secondary N) is 3. The summed E-state index contributed by atoms with van der Waals surface area (Å²) >= 11 is 8.61. The van der Waals surface area contributed by atoms with Crippen molar-refractivity contribution < 1.29 is 57.4 Å². The molecule has 3 saturated heterocycles. The highest BCUT2D eigenvalue weighted by Gasteiger charge is 2.42. The molecule has 89 heavy (non-hydrogen) atoms. The maximum absolute atomic E-state index is 17.3. The molecule has 1 unspecified atom stereocenters. The van der Waals surface area contributed by atoms with E-state index in [1.165, 1.54) is 6.07 Å². The van der Waals surface area contributed by atoms with Gasteiger partial charge in [0.05, 0.1) is 84.7 Å². The molecule has 3 amide bonds. The summed E-state index contributed by atoms with van der Waals surface area (Å²) in [5, 5.41) is 32.8. The number of aryl methyl sites for hydroxylation is 1. The van der Waals surface area contributed by atoms with E-state index in [4.69, 9.17) is 45.0 Å². The van der Waals surface area contributed by atoms with Gasteiger partial charge in [-0.05, 0) is 112 Å². The molecule has 484 valence electrons. The minimum atomic E-state index is -0.947. The number of carbonyl (C=O) groups excluding carboxylic acids is 3. The van der Waals surface area contributed by atoms with Gasteiger partial charge >= 0.3 is 6.09 Å². The first-order valence-corrected chi connectivity index (χ1v) is 32.3. The summed E-state index contributed by atoms with van der Waals surface area (Å²) in [6.07, 6.45) is -0.122. The number of aliphatic imine (C=N–C) groups is 1. The Bertz CT molecular complexity index is 3240. The number of carbonyl (C=O) groups is 3. The molecule has 6 atom stereocenters. The molecule has 9 rings (SSSR count). The minimum absolute atomic E-state index is 0.00757. The van der Waals surface area contributed by atoms with Crippen LogP contribution in [0.3, 0.4) is 0 Å². The van der Waals surface area contributed by atoms with Crippen molar-refractivity contribution >= 4 is 63.1 Å². The largest absolute Gasteiger partial charge is 0.508 e. The van der Waals surface area contributed by atoms with Gasteiger partial charge in [-0.15, -0.1) is 11.3 Å². The summed E-state index contributed by atoms with van der Waals surface area (Å²) in [6, 6.07) is 19.7. The number of piperazine rings is 1. The third-order valence-electron chi connectivity index (χ3n) is 16.5. The molecule has 3 fully saturated rings. The Morgan fingerprint density at radius 2 is 1.56 bits per heavy atom. The number of hydrogen-bond acceptors (Lipinski definition) is 18. The van der Waals surface area contributed by atoms with Crippen LogP contribution >= 0.6 is 22.9 Å². The standard InChI is InChI=1S/C66H89ClFN9O11S/c1-41(87-63-72-58-53(61(73-63)75-22-24-76(25-23-75)64(82)88-66(7,8)9)35-54(67)56(57(58)68)52-34-48(78)32-46-12-10-11-13-51(46)52)37-74-20-18-50(19-21-74)86-31-30-84-27-26-83-28-29-85-39-55(80)71-60(65(4,5)6)62(81)77-38-49(79)33-47(77)36-69-42(2)44-14-16-45(17-15-44)59-43(3)70-40-89-59/h10-17,32,34-35,40-42,47,49-50,60,63,69,72,78-79H,18-31,33,36-39H2,1-9H3,(H,71,80)/t41-,42+,47+,49-,60-,63?/m1/s1. The average Bonchev–Trinajstić information content (AvgIpc) is 1.90. The molecule has 5 heterocycles. The van der Waals surface area contributed by atoms with E-state index >= 15 is 4.39 Å². The van der Waals surface area contributed by atoms with Crippen LogP contribution in [0.2, 0.25) is 5.02 Å². The molecule has 0 bridgehead atoms. The monoisotopic (exact) mass is 1270 g/mol. The number of fused-ring (bicyclic) bond motifs is 2. The fourth-order valence-electron chi connectivity index (χ4n) is 11.8. The van der Waals surface area contributed by atoms with Crippen LogP contribution in [0.4, 0.5) is 14.9 Å². The van der Waals surface area contributed by atoms with Gasteiger partial charge in [-0.1, -0.05) is 80.9 Å². The number of aromatic nitrogens is 1. The molecule has 0 aliphatic carbocycles. The van der Waals surface area contributed by atoms with E-state index in [0.29, 0.717) is 89.1 Å². The van der Waals surface area contributed by atoms with Crippen LogP contribution in [0.15, 0.2) is 77.2 Å². The molecule has 0 spiro atoms. The Hall–Kier alpha value is -6.05. The molecule has 20 nitrogen and oxygen atoms in total. The Morgan fingerprint density at radius 3 is 2.24 bits per heavy atom. The number of nitrogens with zero attached hydrogens (tertiary/aromatic N) is 6. The highest BCUT2D eigenvalue weighted by molar-refractivity contribution is 7.13. The summed E-state index contributed by atoms with van der Waals surface area (Å²) in [6.45, 7) is 23.5. The fraction of sp³-hybridized carbons (Fsp3) is 0.561. The van der Waals surface area contributed by atoms with Crippen LogP contribution in [0.25, 0.3) is 32.3 Å². The number of piperidine rings is 1. The quantitative estimate of drug-likeness (QED) is 0.0363. The highest BCUT2D eigenvalue weighted by Crippen LogP contribution is 2.44. The second kappa shape index (κ2) is 30.4. The van der Waals surface area contributed by atoms with Crippen LogP contribution in [0, 0.1) is 18.2 Å². The van der Waals surface area contributed by atoms with Crippen LogP contribution in [-0.2, 0) is 38.0 Å². The van der Waals surface area contributed by atoms with Crippen molar-refractivity contribution in [1.29, 1.82) is 0 Å². The number of aromatic hydroxyl groups is 1. The zero-order valence-corrected chi connectivity index (χ0v) is 54.4. The number of β-amino-alcohol motifs (C(OH)–C–C–N with tert-alkyl or cyclic N) is 1. The van der Waals surface area contributed by atoms with Gasteiger partial charge in [0.1, 0.15) is 29.8 Å². The topological polar surface area (TPSA) is 221 Å². The predicted octanol–water partition coefficient (Wildman–Crippen LogP) is 9.22. The van der Waals surface area contributed by atoms with E-state index in [1.54, 1.807) is 33.3 Å². The van der Waals surface area contributed by atoms with Crippen molar-refractivity contribution in [2.24, 2.45) is 10.4 Å². The molecule has 5 aromatic rings. The van der Waals surface area contributed by atoms with Crippen molar-refractivity contribution in [3.63, 3.8) is 0 Å². The Morgan fingerprint density at radius 1 is 0.876 bits per heavy atom. The summed E-state index contributed by atoms with van der Waals surface area (Å²) in [4.78, 5) is 58.5. The van der Waals surface area contributed by atoms with E-state index in [2.05, 4.69) is 57.0 Å². The lowest BCUT2D eigenvalue weighted by molar-refractivity contribution is -0.141. The van der Waals surface area contributed by atoms with Gasteiger partial charge in [0.15, 0.2) is 5.82 Å². The van der Waals surface area contributed by atoms with Gasteiger partial charge < -0.3 is 74.2 Å². The lowest BCUT2D eigenvalue weighted by atomic mass is 9.85. The summed E-state index contributed by atoms with van der Waals surface area (Å²) in [5.41, 5.74) is 5.10. The first-order valence-electron chi connectivity index (χ1n) is 31.1. The zero-order chi connectivity index (χ0) is 63.6. The number of likely N-dealkylation sites (tertiary alicyclic amines) is 2. The van der Waals surface area contributed by atoms with Gasteiger partial charge in [-0.25, -0.2) is 19.2 Å². The number of phenolic OH excluding ortho intramolecular Hbond substituents is 1. The third kappa shape index (κ3) is 17.9. The van der Waals surface area contributed by atoms with E-state index in [1.807, 2.05) is 90.1 Å². The normalized spacial score (nSPS) is 19.6. The molecule has 4 aromatic carbocycles. The maximum Gasteiger partial charge on any atom is 0.410 e. The van der Waals surface area contributed by atoms with E-state index in [-0.39, 0.29) is 78.6 Å². The number of rotatable bonds is 24. The van der Waals surface area contributed by atoms with Crippen molar-refractivity contribution in [2.45, 2.75) is 130 Å². The minimum Gasteiger partial charge on any atom is -0.508 e. The SMILES string of the molecule is Cc1ncsc1-c1ccc([C@H](C)NC[C@@H]2C[C@@H](O)CN2C(=O)[C@@H](NC(=O)COCCOCCOCCOC2CCN(C[C@@H](C)OC3N=C(N4CCN(C(=O)OC(C)(C)C)CC4)c4cc(Cl)c(-c5cc(O)cc6ccccc56)c(F)c4N3)CC2)C(C)(C)C)cc1. The van der Waals surface area contributed by atoms with Gasteiger partial charge in [0.2, 0.25) is 18.2 Å². The van der Waals surface area contributed by atoms with Crippen LogP contribution in [-0.4, -0.2) is 206 Å². The molecule has 4 aliphatic heterocycles. The number of hydrogen-bond donors (Lipinski definition) is 5. The summed E-state index contributed by atoms with van der Waals surface area (Å²) < 4.78 is 52.8. The third-order valence-corrected chi connectivity index (χ3v) is 17.7. The number of amidine groups is 1. The molecule has 0 radical (unpaired) electrons. The van der Waals surface area contributed by atoms with E-state index in [0.717, 1.165) is 58.4 Å². The van der Waals surface area contributed by atoms with Crippen LogP contribution in [0.5, 0.6) is 5.75 Å². The number of thiazole rings is 1. The van der Waals surface area contributed by atoms with Crippen molar-refractivity contribution in [3.05, 3.63) is 99.9 Å². The molecule has 1 aromatic heterocycles. The number of aliphatic hydroxyl groups excluding tert-OH is 1. The van der Waals surface area contributed by atoms with Gasteiger partial charge in [0.25, 0.3) is 0 Å². The summed E-state index contributed by atoms with van der Waals surface area (Å²) in [7, 11) is 0. The second-order valence-electron chi connectivity index (χ2n) is 25.6. The maximum atomic E-state index is 17.3. The zero-order valence-electron chi connectivity index (χ0n) is 52.8. The van der Waals surface area contributed by atoms with Crippen molar-refractivity contribution in [3.8, 4) is 27.3 Å². The molecule has 4 aliphatic rings. The van der Waals surface area contributed by atoms with E-state index < -0.39 is 47.3 Å². The van der Waals surface area contributed by atoms with Gasteiger partial charge in [0, 0.05) is 82.1 Å². The number of benzene rings is 4. The number of anilines is 1. The van der Waals surface area contributed by atoms with Crippen molar-refractivity contribution in [2.75, 3.05) is 110 Å². The first-order chi connectivity index (χ1) is 42.5. The average molecular weight is 1270 g/mol. The first kappa shape index (κ1) is 67.3.